The molecule has 1 aliphatic carbocycles. The summed E-state index contributed by atoms with van der Waals surface area (Å²) in [5, 5.41) is 3.58. The third-order valence-corrected chi connectivity index (χ3v) is 5.35. The van der Waals surface area contributed by atoms with Crippen molar-refractivity contribution < 1.29 is 4.39 Å². The van der Waals surface area contributed by atoms with Gasteiger partial charge in [-0.25, -0.2) is 9.37 Å². The molecule has 1 saturated heterocycles. The van der Waals surface area contributed by atoms with Crippen LogP contribution in [-0.2, 0) is 0 Å². The summed E-state index contributed by atoms with van der Waals surface area (Å²) in [6.07, 6.45) is 8.28. The molecule has 1 N–H and O–H groups in total. The van der Waals surface area contributed by atoms with Gasteiger partial charge in [0.1, 0.15) is 11.6 Å². The first-order valence-electron chi connectivity index (χ1n) is 9.63. The van der Waals surface area contributed by atoms with E-state index >= 15 is 0 Å². The van der Waals surface area contributed by atoms with Gasteiger partial charge < -0.3 is 15.1 Å². The minimum Gasteiger partial charge on any atom is -0.368 e. The van der Waals surface area contributed by atoms with E-state index in [1.807, 2.05) is 24.4 Å². The fourth-order valence-electron chi connectivity index (χ4n) is 3.85. The highest BCUT2D eigenvalue weighted by molar-refractivity contribution is 5.49. The average molecular weight is 355 g/mol. The van der Waals surface area contributed by atoms with Crippen molar-refractivity contribution in [3.05, 3.63) is 42.3 Å². The maximum absolute atomic E-state index is 13.1. The lowest BCUT2D eigenvalue weighted by Gasteiger charge is -2.36. The summed E-state index contributed by atoms with van der Waals surface area (Å²) in [5.41, 5.74) is 1.07. The molecule has 1 aromatic carbocycles. The molecule has 0 spiro atoms. The SMILES string of the molecule is Fc1ccc(N2CCN(c3nccc(NC4CCCCC4)n3)CC2)cc1. The molecule has 6 heteroatoms. The largest absolute Gasteiger partial charge is 0.368 e. The van der Waals surface area contributed by atoms with Crippen LogP contribution in [-0.4, -0.2) is 42.2 Å². The lowest BCUT2D eigenvalue weighted by atomic mass is 9.95. The van der Waals surface area contributed by atoms with Gasteiger partial charge in [0.05, 0.1) is 0 Å². The van der Waals surface area contributed by atoms with Gasteiger partial charge in [0.15, 0.2) is 0 Å². The number of piperazine rings is 1. The Labute approximate surface area is 154 Å². The third-order valence-electron chi connectivity index (χ3n) is 5.35. The minimum atomic E-state index is -0.192. The van der Waals surface area contributed by atoms with Crippen LogP contribution >= 0.6 is 0 Å². The average Bonchev–Trinajstić information content (AvgIpc) is 2.70. The van der Waals surface area contributed by atoms with Gasteiger partial charge in [-0.3, -0.25) is 0 Å². The number of rotatable bonds is 4. The molecule has 1 saturated carbocycles. The zero-order chi connectivity index (χ0) is 17.8. The van der Waals surface area contributed by atoms with Crippen LogP contribution in [0.3, 0.4) is 0 Å². The van der Waals surface area contributed by atoms with E-state index in [9.17, 15) is 4.39 Å². The number of nitrogens with zero attached hydrogens (tertiary/aromatic N) is 4. The lowest BCUT2D eigenvalue weighted by molar-refractivity contribution is 0.462. The molecule has 0 unspecified atom stereocenters. The first-order valence-corrected chi connectivity index (χ1v) is 9.63. The minimum absolute atomic E-state index is 0.192. The normalized spacial score (nSPS) is 18.8. The molecule has 5 nitrogen and oxygen atoms in total. The van der Waals surface area contributed by atoms with E-state index in [1.54, 1.807) is 0 Å². The Bertz CT molecular complexity index is 706. The van der Waals surface area contributed by atoms with Crippen molar-refractivity contribution >= 4 is 17.5 Å². The Morgan fingerprint density at radius 3 is 2.31 bits per heavy atom. The van der Waals surface area contributed by atoms with E-state index in [4.69, 9.17) is 4.98 Å². The Kier molecular flexibility index (Phi) is 5.18. The number of benzene rings is 1. The van der Waals surface area contributed by atoms with E-state index in [-0.39, 0.29) is 5.82 Å². The summed E-state index contributed by atoms with van der Waals surface area (Å²) in [7, 11) is 0. The summed E-state index contributed by atoms with van der Waals surface area (Å²) in [5.74, 6) is 1.54. The predicted octanol–water partition coefficient (Wildman–Crippen LogP) is 3.69. The molecule has 2 heterocycles. The molecule has 0 bridgehead atoms. The van der Waals surface area contributed by atoms with Crippen LogP contribution in [0.25, 0.3) is 0 Å². The lowest BCUT2D eigenvalue weighted by Crippen LogP contribution is -2.47. The van der Waals surface area contributed by atoms with E-state index in [0.29, 0.717) is 6.04 Å². The zero-order valence-corrected chi connectivity index (χ0v) is 15.1. The van der Waals surface area contributed by atoms with Crippen LogP contribution in [0.1, 0.15) is 32.1 Å². The molecule has 2 aromatic rings. The zero-order valence-electron chi connectivity index (χ0n) is 15.1. The molecule has 2 fully saturated rings. The van der Waals surface area contributed by atoms with Crippen molar-refractivity contribution in [2.45, 2.75) is 38.1 Å². The molecular formula is C20H26FN5. The van der Waals surface area contributed by atoms with Crippen molar-refractivity contribution in [1.82, 2.24) is 9.97 Å². The van der Waals surface area contributed by atoms with Gasteiger partial charge in [0.2, 0.25) is 5.95 Å². The van der Waals surface area contributed by atoms with Crippen LogP contribution in [0.5, 0.6) is 0 Å². The van der Waals surface area contributed by atoms with E-state index in [1.165, 1.54) is 44.2 Å². The summed E-state index contributed by atoms with van der Waals surface area (Å²) in [4.78, 5) is 13.7. The fraction of sp³-hybridized carbons (Fsp3) is 0.500. The number of halogens is 1. The van der Waals surface area contributed by atoms with Gasteiger partial charge in [-0.05, 0) is 43.2 Å². The van der Waals surface area contributed by atoms with Crippen molar-refractivity contribution in [2.75, 3.05) is 41.3 Å². The van der Waals surface area contributed by atoms with Crippen LogP contribution in [0, 0.1) is 5.82 Å². The summed E-state index contributed by atoms with van der Waals surface area (Å²) >= 11 is 0. The smallest absolute Gasteiger partial charge is 0.227 e. The van der Waals surface area contributed by atoms with Crippen LogP contribution < -0.4 is 15.1 Å². The number of hydrogen-bond donors (Lipinski definition) is 1. The van der Waals surface area contributed by atoms with Crippen LogP contribution in [0.4, 0.5) is 21.8 Å². The molecule has 0 atom stereocenters. The predicted molar refractivity (Wildman–Crippen MR) is 103 cm³/mol. The van der Waals surface area contributed by atoms with Crippen LogP contribution in [0.2, 0.25) is 0 Å². The fourth-order valence-corrected chi connectivity index (χ4v) is 3.85. The van der Waals surface area contributed by atoms with Crippen molar-refractivity contribution in [2.24, 2.45) is 0 Å². The molecule has 1 aromatic heterocycles. The Morgan fingerprint density at radius 1 is 0.885 bits per heavy atom. The molecule has 26 heavy (non-hydrogen) atoms. The monoisotopic (exact) mass is 355 g/mol. The molecule has 2 aliphatic rings. The van der Waals surface area contributed by atoms with Gasteiger partial charge in [0, 0.05) is 44.1 Å². The maximum Gasteiger partial charge on any atom is 0.227 e. The second-order valence-corrected chi connectivity index (χ2v) is 7.17. The van der Waals surface area contributed by atoms with Crippen molar-refractivity contribution in [3.8, 4) is 0 Å². The standard InChI is InChI=1S/C20H26FN5/c21-16-6-8-18(9-7-16)25-12-14-26(15-13-25)20-22-11-10-19(24-20)23-17-4-2-1-3-5-17/h6-11,17H,1-5,12-15H2,(H,22,23,24). The van der Waals surface area contributed by atoms with E-state index in [0.717, 1.165) is 43.6 Å². The molecule has 0 radical (unpaired) electrons. The summed E-state index contributed by atoms with van der Waals surface area (Å²) < 4.78 is 13.1. The number of anilines is 3. The van der Waals surface area contributed by atoms with E-state index in [2.05, 4.69) is 20.1 Å². The summed E-state index contributed by atoms with van der Waals surface area (Å²) in [6, 6.07) is 9.23. The second-order valence-electron chi connectivity index (χ2n) is 7.17. The van der Waals surface area contributed by atoms with Gasteiger partial charge >= 0.3 is 0 Å². The van der Waals surface area contributed by atoms with Crippen molar-refractivity contribution in [3.63, 3.8) is 0 Å². The Morgan fingerprint density at radius 2 is 1.58 bits per heavy atom. The Balaban J connectivity index is 1.36. The molecule has 138 valence electrons. The number of aromatic nitrogens is 2. The van der Waals surface area contributed by atoms with Gasteiger partial charge in [-0.15, -0.1) is 0 Å². The third kappa shape index (κ3) is 4.06. The molecule has 0 amide bonds. The molecule has 1 aliphatic heterocycles. The quantitative estimate of drug-likeness (QED) is 0.906. The first kappa shape index (κ1) is 17.1. The topological polar surface area (TPSA) is 44.3 Å². The van der Waals surface area contributed by atoms with E-state index < -0.39 is 0 Å². The van der Waals surface area contributed by atoms with Crippen molar-refractivity contribution in [1.29, 1.82) is 0 Å². The maximum atomic E-state index is 13.1. The number of nitrogens with one attached hydrogen (secondary N) is 1. The number of hydrogen-bond acceptors (Lipinski definition) is 5. The van der Waals surface area contributed by atoms with Gasteiger partial charge in [-0.2, -0.15) is 4.98 Å². The second kappa shape index (κ2) is 7.89. The van der Waals surface area contributed by atoms with Gasteiger partial charge in [-0.1, -0.05) is 19.3 Å². The van der Waals surface area contributed by atoms with Crippen LogP contribution in [0.15, 0.2) is 36.5 Å². The van der Waals surface area contributed by atoms with Gasteiger partial charge in [0.25, 0.3) is 0 Å². The molecular weight excluding hydrogens is 329 g/mol. The highest BCUT2D eigenvalue weighted by Gasteiger charge is 2.20. The highest BCUT2D eigenvalue weighted by atomic mass is 19.1. The highest BCUT2D eigenvalue weighted by Crippen LogP contribution is 2.22. The Hall–Kier alpha value is -2.37. The summed E-state index contributed by atoms with van der Waals surface area (Å²) in [6.45, 7) is 3.50. The first-order chi connectivity index (χ1) is 12.8. The molecule has 4 rings (SSSR count).